The molecule has 2 N–H and O–H groups in total. The van der Waals surface area contributed by atoms with Gasteiger partial charge in [-0.05, 0) is 37.3 Å². The second-order valence-electron chi connectivity index (χ2n) is 5.95. The number of benzene rings is 1. The van der Waals surface area contributed by atoms with Crippen molar-refractivity contribution >= 4 is 27.3 Å². The number of amides is 1. The van der Waals surface area contributed by atoms with Crippen molar-refractivity contribution in [2.24, 2.45) is 0 Å². The highest BCUT2D eigenvalue weighted by molar-refractivity contribution is 7.89. The number of sulfonamides is 1. The van der Waals surface area contributed by atoms with E-state index in [1.54, 1.807) is 38.3 Å². The summed E-state index contributed by atoms with van der Waals surface area (Å²) in [5, 5.41) is 5.96. The van der Waals surface area contributed by atoms with Gasteiger partial charge in [-0.1, -0.05) is 13.8 Å². The zero-order chi connectivity index (χ0) is 19.9. The van der Waals surface area contributed by atoms with Gasteiger partial charge >= 0.3 is 0 Å². The molecule has 0 aliphatic heterocycles. The highest BCUT2D eigenvalue weighted by Gasteiger charge is 2.23. The van der Waals surface area contributed by atoms with Crippen LogP contribution < -0.4 is 10.6 Å². The van der Waals surface area contributed by atoms with Crippen molar-refractivity contribution in [3.05, 3.63) is 42.4 Å². The van der Waals surface area contributed by atoms with Gasteiger partial charge in [0.2, 0.25) is 15.9 Å². The molecule has 1 heterocycles. The molecule has 8 heteroatoms. The van der Waals surface area contributed by atoms with Crippen molar-refractivity contribution in [1.29, 1.82) is 0 Å². The van der Waals surface area contributed by atoms with E-state index in [2.05, 4.69) is 10.6 Å². The molecule has 2 aromatic rings. The topological polar surface area (TPSA) is 91.7 Å². The van der Waals surface area contributed by atoms with Gasteiger partial charge in [0.15, 0.2) is 0 Å². The SMILES string of the molecule is CCNc1ccc(S(=O)(=O)N(CC)CC)cc1NC(=O)CCc1ccco1. The molecule has 1 aromatic heterocycles. The Labute approximate surface area is 160 Å². The maximum Gasteiger partial charge on any atom is 0.243 e. The lowest BCUT2D eigenvalue weighted by Crippen LogP contribution is -2.30. The Morgan fingerprint density at radius 3 is 2.44 bits per heavy atom. The van der Waals surface area contributed by atoms with Gasteiger partial charge in [-0.25, -0.2) is 8.42 Å². The van der Waals surface area contributed by atoms with Crippen LogP contribution in [0.2, 0.25) is 0 Å². The number of carbonyl (C=O) groups excluding carboxylic acids is 1. The van der Waals surface area contributed by atoms with Gasteiger partial charge in [0.1, 0.15) is 5.76 Å². The van der Waals surface area contributed by atoms with E-state index in [-0.39, 0.29) is 17.2 Å². The van der Waals surface area contributed by atoms with Gasteiger partial charge < -0.3 is 15.1 Å². The van der Waals surface area contributed by atoms with Crippen LogP contribution in [0.4, 0.5) is 11.4 Å². The summed E-state index contributed by atoms with van der Waals surface area (Å²) in [6.07, 6.45) is 2.29. The average molecular weight is 394 g/mol. The van der Waals surface area contributed by atoms with Gasteiger partial charge in [-0.3, -0.25) is 4.79 Å². The van der Waals surface area contributed by atoms with Gasteiger partial charge in [-0.2, -0.15) is 4.31 Å². The predicted molar refractivity (Wildman–Crippen MR) is 106 cm³/mol. The minimum absolute atomic E-state index is 0.161. The van der Waals surface area contributed by atoms with Crippen molar-refractivity contribution in [3.8, 4) is 0 Å². The molecule has 0 unspecified atom stereocenters. The Kier molecular flexibility index (Phi) is 7.44. The Morgan fingerprint density at radius 1 is 1.11 bits per heavy atom. The number of carbonyl (C=O) groups is 1. The van der Waals surface area contributed by atoms with E-state index in [4.69, 9.17) is 4.42 Å². The minimum atomic E-state index is -3.60. The fourth-order valence-corrected chi connectivity index (χ4v) is 4.23. The molecule has 0 radical (unpaired) electrons. The number of hydrogen-bond donors (Lipinski definition) is 2. The third-order valence-corrected chi connectivity index (χ3v) is 6.20. The molecule has 0 spiro atoms. The number of hydrogen-bond acceptors (Lipinski definition) is 5. The minimum Gasteiger partial charge on any atom is -0.469 e. The molecule has 7 nitrogen and oxygen atoms in total. The molecule has 0 atom stereocenters. The van der Waals surface area contributed by atoms with E-state index >= 15 is 0 Å². The fourth-order valence-electron chi connectivity index (χ4n) is 2.75. The van der Waals surface area contributed by atoms with Crippen LogP contribution >= 0.6 is 0 Å². The number of aryl methyl sites for hydroxylation is 1. The van der Waals surface area contributed by atoms with Gasteiger partial charge in [0.25, 0.3) is 0 Å². The van der Waals surface area contributed by atoms with E-state index in [9.17, 15) is 13.2 Å². The molecule has 0 saturated carbocycles. The molecule has 0 aliphatic rings. The van der Waals surface area contributed by atoms with E-state index in [1.807, 2.05) is 13.0 Å². The molecule has 0 bridgehead atoms. The summed E-state index contributed by atoms with van der Waals surface area (Å²) in [4.78, 5) is 12.5. The lowest BCUT2D eigenvalue weighted by Gasteiger charge is -2.20. The van der Waals surface area contributed by atoms with Crippen LogP contribution in [0, 0.1) is 0 Å². The summed E-state index contributed by atoms with van der Waals surface area (Å²) < 4.78 is 32.1. The molecule has 27 heavy (non-hydrogen) atoms. The summed E-state index contributed by atoms with van der Waals surface area (Å²) in [7, 11) is -3.60. The van der Waals surface area contributed by atoms with Crippen molar-refractivity contribution in [2.75, 3.05) is 30.3 Å². The third-order valence-electron chi connectivity index (χ3n) is 4.15. The van der Waals surface area contributed by atoms with E-state index in [1.165, 1.54) is 10.4 Å². The standard InChI is InChI=1S/C19H27N3O4S/c1-4-20-17-11-10-16(27(24,25)22(5-2)6-3)14-18(17)21-19(23)12-9-15-8-7-13-26-15/h7-8,10-11,13-14,20H,4-6,9,12H2,1-3H3,(H,21,23). The molecule has 2 rings (SSSR count). The number of furan rings is 1. The van der Waals surface area contributed by atoms with E-state index < -0.39 is 10.0 Å². The van der Waals surface area contributed by atoms with E-state index in [0.29, 0.717) is 37.4 Å². The highest BCUT2D eigenvalue weighted by atomic mass is 32.2. The molecule has 0 fully saturated rings. The monoisotopic (exact) mass is 393 g/mol. The van der Waals surface area contributed by atoms with Gasteiger partial charge in [0, 0.05) is 32.5 Å². The van der Waals surface area contributed by atoms with Crippen molar-refractivity contribution < 1.29 is 17.6 Å². The highest BCUT2D eigenvalue weighted by Crippen LogP contribution is 2.27. The summed E-state index contributed by atoms with van der Waals surface area (Å²) >= 11 is 0. The first-order valence-electron chi connectivity index (χ1n) is 9.12. The first-order chi connectivity index (χ1) is 12.9. The molecule has 0 aliphatic carbocycles. The average Bonchev–Trinajstić information content (AvgIpc) is 3.16. The zero-order valence-electron chi connectivity index (χ0n) is 16.0. The first kappa shape index (κ1) is 21.0. The van der Waals surface area contributed by atoms with Crippen LogP contribution in [-0.4, -0.2) is 38.3 Å². The Morgan fingerprint density at radius 2 is 1.85 bits per heavy atom. The maximum atomic E-state index is 12.8. The maximum absolute atomic E-state index is 12.8. The largest absolute Gasteiger partial charge is 0.469 e. The van der Waals surface area contributed by atoms with Crippen LogP contribution in [0.25, 0.3) is 0 Å². The third kappa shape index (κ3) is 5.33. The van der Waals surface area contributed by atoms with Gasteiger partial charge in [0.05, 0.1) is 22.5 Å². The summed E-state index contributed by atoms with van der Waals surface area (Å²) in [6, 6.07) is 8.34. The molecular weight excluding hydrogens is 366 g/mol. The summed E-state index contributed by atoms with van der Waals surface area (Å²) in [6.45, 7) is 6.95. The van der Waals surface area contributed by atoms with Crippen LogP contribution in [0.3, 0.4) is 0 Å². The number of rotatable bonds is 10. The Bertz CT molecular complexity index is 844. The zero-order valence-corrected chi connectivity index (χ0v) is 16.8. The fraction of sp³-hybridized carbons (Fsp3) is 0.421. The van der Waals surface area contributed by atoms with Crippen molar-refractivity contribution in [1.82, 2.24) is 4.31 Å². The predicted octanol–water partition coefficient (Wildman–Crippen LogP) is 3.31. The number of anilines is 2. The number of nitrogens with one attached hydrogen (secondary N) is 2. The second kappa shape index (κ2) is 9.57. The van der Waals surface area contributed by atoms with Crippen LogP contribution in [-0.2, 0) is 21.2 Å². The Hall–Kier alpha value is -2.32. The molecule has 1 aromatic carbocycles. The van der Waals surface area contributed by atoms with E-state index in [0.717, 1.165) is 5.76 Å². The summed E-state index contributed by atoms with van der Waals surface area (Å²) in [5.41, 5.74) is 1.14. The molecule has 148 valence electrons. The Balaban J connectivity index is 2.23. The second-order valence-corrected chi connectivity index (χ2v) is 7.89. The molecular formula is C19H27N3O4S. The first-order valence-corrected chi connectivity index (χ1v) is 10.6. The van der Waals surface area contributed by atoms with Crippen molar-refractivity contribution in [2.45, 2.75) is 38.5 Å². The van der Waals surface area contributed by atoms with Gasteiger partial charge in [-0.15, -0.1) is 0 Å². The molecule has 1 amide bonds. The smallest absolute Gasteiger partial charge is 0.243 e. The van der Waals surface area contributed by atoms with Crippen LogP contribution in [0.15, 0.2) is 45.9 Å². The summed E-state index contributed by atoms with van der Waals surface area (Å²) in [5.74, 6) is 0.526. The lowest BCUT2D eigenvalue weighted by atomic mass is 10.2. The quantitative estimate of drug-likeness (QED) is 0.646. The number of nitrogens with zero attached hydrogens (tertiary/aromatic N) is 1. The van der Waals surface area contributed by atoms with Crippen molar-refractivity contribution in [3.63, 3.8) is 0 Å². The van der Waals surface area contributed by atoms with Crippen LogP contribution in [0.1, 0.15) is 33.0 Å². The molecule has 0 saturated heterocycles. The van der Waals surface area contributed by atoms with Crippen LogP contribution in [0.5, 0.6) is 0 Å². The lowest BCUT2D eigenvalue weighted by molar-refractivity contribution is -0.116. The normalized spacial score (nSPS) is 11.6.